The second-order valence-corrected chi connectivity index (χ2v) is 8.62. The smallest absolute Gasteiger partial charge is 0.192 e. The topological polar surface area (TPSA) is 77.1 Å². The van der Waals surface area contributed by atoms with Crippen LogP contribution in [0.3, 0.4) is 0 Å². The second-order valence-electron chi connectivity index (χ2n) is 7.53. The lowest BCUT2D eigenvalue weighted by Gasteiger charge is -2.26. The molecule has 3 aromatic heterocycles. The van der Waals surface area contributed by atoms with Gasteiger partial charge in [-0.2, -0.15) is 0 Å². The van der Waals surface area contributed by atoms with Crippen LogP contribution in [-0.2, 0) is 24.4 Å². The van der Waals surface area contributed by atoms with Crippen LogP contribution in [0, 0.1) is 0 Å². The largest absolute Gasteiger partial charge is 0.497 e. The molecular formula is C22H24N6O2S. The Morgan fingerprint density at radius 3 is 2.94 bits per heavy atom. The highest BCUT2D eigenvalue weighted by Gasteiger charge is 2.23. The van der Waals surface area contributed by atoms with Crippen LogP contribution in [0.5, 0.6) is 5.75 Å². The molecule has 0 unspecified atom stereocenters. The van der Waals surface area contributed by atoms with E-state index in [9.17, 15) is 0 Å². The molecule has 0 N–H and O–H groups in total. The Hall–Kier alpha value is -3.04. The van der Waals surface area contributed by atoms with Crippen molar-refractivity contribution in [3.63, 3.8) is 0 Å². The molecule has 1 aromatic carbocycles. The average Bonchev–Trinajstić information content (AvgIpc) is 3.37. The molecule has 4 heterocycles. The van der Waals surface area contributed by atoms with Gasteiger partial charge in [0.05, 0.1) is 18.7 Å². The van der Waals surface area contributed by atoms with Crippen LogP contribution in [0.2, 0.25) is 0 Å². The molecule has 9 heteroatoms. The molecule has 0 aliphatic carbocycles. The number of oxime groups is 1. The van der Waals surface area contributed by atoms with E-state index in [2.05, 4.69) is 27.1 Å². The molecule has 0 saturated carbocycles. The SMILES string of the molecule is CCCN1CCc2c(sc3ncn4nc(CON=Cc5ccc(OC)cc5)nc4c23)C1. The summed E-state index contributed by atoms with van der Waals surface area (Å²) in [5.74, 6) is 1.39. The Morgan fingerprint density at radius 1 is 1.26 bits per heavy atom. The van der Waals surface area contributed by atoms with Crippen molar-refractivity contribution in [2.45, 2.75) is 32.9 Å². The van der Waals surface area contributed by atoms with E-state index >= 15 is 0 Å². The van der Waals surface area contributed by atoms with E-state index < -0.39 is 0 Å². The van der Waals surface area contributed by atoms with Crippen LogP contribution >= 0.6 is 11.3 Å². The molecule has 0 radical (unpaired) electrons. The summed E-state index contributed by atoms with van der Waals surface area (Å²) < 4.78 is 6.91. The molecule has 5 rings (SSSR count). The fourth-order valence-corrected chi connectivity index (χ4v) is 5.16. The summed E-state index contributed by atoms with van der Waals surface area (Å²) in [5, 5.41) is 9.70. The number of nitrogens with zero attached hydrogens (tertiary/aromatic N) is 6. The van der Waals surface area contributed by atoms with Gasteiger partial charge in [0.2, 0.25) is 0 Å². The lowest BCUT2D eigenvalue weighted by Crippen LogP contribution is -2.30. The van der Waals surface area contributed by atoms with Crippen LogP contribution in [0.15, 0.2) is 35.7 Å². The van der Waals surface area contributed by atoms with Gasteiger partial charge in [-0.15, -0.1) is 16.4 Å². The number of hydrogen-bond donors (Lipinski definition) is 0. The molecular weight excluding hydrogens is 412 g/mol. The normalized spacial score (nSPS) is 14.5. The van der Waals surface area contributed by atoms with Gasteiger partial charge in [-0.1, -0.05) is 12.1 Å². The summed E-state index contributed by atoms with van der Waals surface area (Å²) in [5.41, 5.74) is 3.16. The minimum absolute atomic E-state index is 0.201. The zero-order valence-corrected chi connectivity index (χ0v) is 18.4. The molecule has 8 nitrogen and oxygen atoms in total. The van der Waals surface area contributed by atoms with E-state index in [0.717, 1.165) is 53.2 Å². The predicted octanol–water partition coefficient (Wildman–Crippen LogP) is 3.67. The number of thiophene rings is 1. The van der Waals surface area contributed by atoms with Gasteiger partial charge in [-0.3, -0.25) is 4.90 Å². The Kier molecular flexibility index (Phi) is 5.52. The van der Waals surface area contributed by atoms with Crippen LogP contribution < -0.4 is 4.74 Å². The lowest BCUT2D eigenvalue weighted by molar-refractivity contribution is 0.126. The molecule has 0 atom stereocenters. The van der Waals surface area contributed by atoms with E-state index in [-0.39, 0.29) is 6.61 Å². The molecule has 0 fully saturated rings. The van der Waals surface area contributed by atoms with Crippen molar-refractivity contribution in [1.29, 1.82) is 0 Å². The van der Waals surface area contributed by atoms with Crippen molar-refractivity contribution in [2.24, 2.45) is 5.16 Å². The number of rotatable bonds is 7. The first-order chi connectivity index (χ1) is 15.2. The van der Waals surface area contributed by atoms with Crippen LogP contribution in [-0.4, -0.2) is 50.9 Å². The molecule has 4 aromatic rings. The maximum atomic E-state index is 5.43. The number of aromatic nitrogens is 4. The molecule has 160 valence electrons. The molecule has 0 saturated heterocycles. The van der Waals surface area contributed by atoms with Crippen molar-refractivity contribution in [2.75, 3.05) is 20.2 Å². The third-order valence-electron chi connectivity index (χ3n) is 5.43. The van der Waals surface area contributed by atoms with Gasteiger partial charge in [0, 0.05) is 18.0 Å². The molecule has 0 bridgehead atoms. The van der Waals surface area contributed by atoms with E-state index in [4.69, 9.17) is 14.6 Å². The number of benzene rings is 1. The van der Waals surface area contributed by atoms with Crippen molar-refractivity contribution >= 4 is 33.4 Å². The highest BCUT2D eigenvalue weighted by Crippen LogP contribution is 2.35. The Morgan fingerprint density at radius 2 is 2.13 bits per heavy atom. The van der Waals surface area contributed by atoms with Gasteiger partial charge in [-0.25, -0.2) is 14.5 Å². The van der Waals surface area contributed by atoms with Crippen LogP contribution in [0.4, 0.5) is 0 Å². The summed E-state index contributed by atoms with van der Waals surface area (Å²) in [4.78, 5) is 19.7. The summed E-state index contributed by atoms with van der Waals surface area (Å²) in [6.45, 7) is 5.65. The van der Waals surface area contributed by atoms with Gasteiger partial charge in [-0.05, 0) is 54.8 Å². The highest BCUT2D eigenvalue weighted by molar-refractivity contribution is 7.19. The fraction of sp³-hybridized carbons (Fsp3) is 0.364. The maximum absolute atomic E-state index is 5.43. The minimum atomic E-state index is 0.201. The lowest BCUT2D eigenvalue weighted by atomic mass is 10.1. The van der Waals surface area contributed by atoms with E-state index in [0.29, 0.717) is 5.82 Å². The zero-order chi connectivity index (χ0) is 21.2. The molecule has 0 amide bonds. The standard InChI is InChI=1S/C22H24N6O2S/c1-3-9-27-10-8-17-18(12-27)31-22-20(17)21-25-19(26-28(21)14-23-22)13-30-24-11-15-4-6-16(29-2)7-5-15/h4-7,11,14H,3,8-10,12-13H2,1-2H3. The number of fused-ring (bicyclic) bond motifs is 5. The molecule has 31 heavy (non-hydrogen) atoms. The monoisotopic (exact) mass is 436 g/mol. The average molecular weight is 437 g/mol. The van der Waals surface area contributed by atoms with Gasteiger partial charge in [0.15, 0.2) is 18.1 Å². The van der Waals surface area contributed by atoms with E-state index in [1.54, 1.807) is 35.5 Å². The zero-order valence-electron chi connectivity index (χ0n) is 17.6. The summed E-state index contributed by atoms with van der Waals surface area (Å²) in [6.07, 6.45) is 5.60. The van der Waals surface area contributed by atoms with E-state index in [1.165, 1.54) is 16.9 Å². The first-order valence-corrected chi connectivity index (χ1v) is 11.2. The van der Waals surface area contributed by atoms with Gasteiger partial charge < -0.3 is 9.57 Å². The fourth-order valence-electron chi connectivity index (χ4n) is 3.94. The maximum Gasteiger partial charge on any atom is 0.192 e. The van der Waals surface area contributed by atoms with Crippen molar-refractivity contribution < 1.29 is 9.57 Å². The van der Waals surface area contributed by atoms with Gasteiger partial charge >= 0.3 is 0 Å². The Bertz CT molecular complexity index is 1230. The number of hydrogen-bond acceptors (Lipinski definition) is 8. The van der Waals surface area contributed by atoms with Crippen LogP contribution in [0.25, 0.3) is 15.9 Å². The third kappa shape index (κ3) is 3.98. The second kappa shape index (κ2) is 8.60. The Labute approximate surface area is 184 Å². The molecule has 1 aliphatic rings. The van der Waals surface area contributed by atoms with Gasteiger partial charge in [0.25, 0.3) is 0 Å². The first kappa shape index (κ1) is 19.9. The van der Waals surface area contributed by atoms with Crippen molar-refractivity contribution in [3.05, 3.63) is 52.4 Å². The molecule has 1 aliphatic heterocycles. The predicted molar refractivity (Wildman–Crippen MR) is 121 cm³/mol. The first-order valence-electron chi connectivity index (χ1n) is 10.4. The number of ether oxygens (including phenoxy) is 1. The third-order valence-corrected chi connectivity index (χ3v) is 6.55. The van der Waals surface area contributed by atoms with E-state index in [1.807, 2.05) is 24.3 Å². The summed E-state index contributed by atoms with van der Waals surface area (Å²) >= 11 is 1.78. The van der Waals surface area contributed by atoms with Crippen molar-refractivity contribution in [1.82, 2.24) is 24.5 Å². The number of methoxy groups -OCH3 is 1. The Balaban J connectivity index is 1.34. The van der Waals surface area contributed by atoms with Gasteiger partial charge in [0.1, 0.15) is 16.9 Å². The quantitative estimate of drug-likeness (QED) is 0.325. The summed E-state index contributed by atoms with van der Waals surface area (Å²) in [7, 11) is 1.64. The summed E-state index contributed by atoms with van der Waals surface area (Å²) in [6, 6.07) is 7.59. The van der Waals surface area contributed by atoms with Crippen molar-refractivity contribution in [3.8, 4) is 5.75 Å². The highest BCUT2D eigenvalue weighted by atomic mass is 32.1. The van der Waals surface area contributed by atoms with Crippen LogP contribution in [0.1, 0.15) is 35.2 Å². The minimum Gasteiger partial charge on any atom is -0.497 e. The molecule has 0 spiro atoms.